The van der Waals surface area contributed by atoms with Gasteiger partial charge in [0.15, 0.2) is 5.82 Å². The highest BCUT2D eigenvalue weighted by molar-refractivity contribution is 5.74. The number of likely N-dealkylation sites (N-methyl/N-ethyl adjacent to an activating group) is 1. The lowest BCUT2D eigenvalue weighted by molar-refractivity contribution is 0.0354. The first-order valence-corrected chi connectivity index (χ1v) is 11.3. The Balaban J connectivity index is 1.36. The summed E-state index contributed by atoms with van der Waals surface area (Å²) < 4.78 is 20.5. The van der Waals surface area contributed by atoms with Gasteiger partial charge >= 0.3 is 0 Å². The summed E-state index contributed by atoms with van der Waals surface area (Å²) >= 11 is 0. The molecule has 0 aliphatic carbocycles. The Morgan fingerprint density at radius 1 is 1.15 bits per heavy atom. The van der Waals surface area contributed by atoms with Gasteiger partial charge in [-0.15, -0.1) is 10.2 Å². The molecule has 0 spiro atoms. The third kappa shape index (κ3) is 3.68. The molecule has 2 aliphatic rings. The van der Waals surface area contributed by atoms with Gasteiger partial charge in [-0.25, -0.2) is 9.37 Å². The number of nitrogens with zero attached hydrogens (tertiary/aromatic N) is 5. The summed E-state index contributed by atoms with van der Waals surface area (Å²) in [5, 5.41) is 19.4. The average molecular weight is 462 g/mol. The van der Waals surface area contributed by atoms with Crippen molar-refractivity contribution in [1.82, 2.24) is 20.1 Å². The summed E-state index contributed by atoms with van der Waals surface area (Å²) in [5.74, 6) is 1.20. The number of rotatable bonds is 5. The first-order chi connectivity index (χ1) is 16.3. The minimum absolute atomic E-state index is 0.0957. The number of fused-ring (bicyclic) bond motifs is 2. The first kappa shape index (κ1) is 22.3. The van der Waals surface area contributed by atoms with Gasteiger partial charge in [0.25, 0.3) is 0 Å². The first-order valence-electron chi connectivity index (χ1n) is 11.3. The smallest absolute Gasteiger partial charge is 0.213 e. The Hall–Kier alpha value is -3.52. The molecule has 2 aliphatic heterocycles. The molecule has 4 atom stereocenters. The van der Waals surface area contributed by atoms with E-state index >= 15 is 4.39 Å². The van der Waals surface area contributed by atoms with E-state index in [9.17, 15) is 5.11 Å². The summed E-state index contributed by atoms with van der Waals surface area (Å²) in [6, 6.07) is 12.2. The lowest BCUT2D eigenvalue weighted by Gasteiger charge is -2.48. The van der Waals surface area contributed by atoms with Crippen LogP contribution in [0.15, 0.2) is 60.8 Å². The predicted molar refractivity (Wildman–Crippen MR) is 130 cm³/mol. The van der Waals surface area contributed by atoms with Gasteiger partial charge in [0.2, 0.25) is 5.88 Å². The molecule has 0 amide bonds. The maximum absolute atomic E-state index is 15.3. The van der Waals surface area contributed by atoms with Crippen LogP contribution in [0.3, 0.4) is 0 Å². The highest BCUT2D eigenvalue weighted by Gasteiger charge is 2.50. The molecule has 1 N–H and O–H groups in total. The summed E-state index contributed by atoms with van der Waals surface area (Å²) in [6.45, 7) is 2.14. The molecule has 1 aromatic carbocycles. The third-order valence-electron chi connectivity index (χ3n) is 7.28. The predicted octanol–water partition coefficient (Wildman–Crippen LogP) is 4.10. The molecular formula is C26H28FN5O2. The highest BCUT2D eigenvalue weighted by atomic mass is 19.1. The van der Waals surface area contributed by atoms with E-state index in [2.05, 4.69) is 33.1 Å². The monoisotopic (exact) mass is 461 g/mol. The number of phenolic OH excluding ortho intramolecular Hbond substituents is 1. The van der Waals surface area contributed by atoms with E-state index < -0.39 is 6.17 Å². The lowest BCUT2D eigenvalue weighted by Crippen LogP contribution is -2.61. The van der Waals surface area contributed by atoms with Crippen molar-refractivity contribution in [3.05, 3.63) is 60.8 Å². The number of methoxy groups -OCH3 is 1. The minimum Gasteiger partial charge on any atom is -0.507 e. The normalized spacial score (nSPS) is 26.0. The van der Waals surface area contributed by atoms with Crippen LogP contribution in [0.5, 0.6) is 11.6 Å². The van der Waals surface area contributed by atoms with E-state index in [4.69, 9.17) is 4.74 Å². The van der Waals surface area contributed by atoms with Crippen LogP contribution in [0.1, 0.15) is 13.3 Å². The van der Waals surface area contributed by atoms with Crippen molar-refractivity contribution < 1.29 is 14.2 Å². The molecule has 8 heteroatoms. The van der Waals surface area contributed by atoms with Crippen LogP contribution in [0.25, 0.3) is 22.4 Å². The molecule has 7 nitrogen and oxygen atoms in total. The number of ether oxygens (including phenoxy) is 1. The molecule has 2 bridgehead atoms. The SMILES string of the molecule is COc1cc(-c2ccc(-c3ccc(N(C)[C@@H]4C[C@@]5(C)C=C[C@@H]([C@@H]4F)N5C)nn3)c(O)c2)ccn1. The number of halogens is 1. The number of alkyl halides is 1. The van der Waals surface area contributed by atoms with E-state index in [1.165, 1.54) is 0 Å². The summed E-state index contributed by atoms with van der Waals surface area (Å²) in [5.41, 5.74) is 2.67. The Morgan fingerprint density at radius 3 is 2.65 bits per heavy atom. The zero-order valence-electron chi connectivity index (χ0n) is 19.7. The van der Waals surface area contributed by atoms with Gasteiger partial charge in [0.1, 0.15) is 11.9 Å². The Bertz CT molecular complexity index is 1230. The van der Waals surface area contributed by atoms with Crippen LogP contribution in [0, 0.1) is 0 Å². The number of phenols is 1. The number of aromatic nitrogens is 3. The molecule has 5 rings (SSSR count). The number of anilines is 1. The number of piperidine rings is 1. The van der Waals surface area contributed by atoms with Crippen molar-refractivity contribution >= 4 is 5.82 Å². The maximum Gasteiger partial charge on any atom is 0.213 e. The highest BCUT2D eigenvalue weighted by Crippen LogP contribution is 2.41. The zero-order chi connectivity index (χ0) is 24.0. The van der Waals surface area contributed by atoms with E-state index in [0.29, 0.717) is 29.4 Å². The fraction of sp³-hybridized carbons (Fsp3) is 0.346. The number of pyridine rings is 1. The number of benzene rings is 1. The van der Waals surface area contributed by atoms with Crippen LogP contribution in [-0.4, -0.2) is 70.2 Å². The second-order valence-corrected chi connectivity index (χ2v) is 9.24. The zero-order valence-corrected chi connectivity index (χ0v) is 19.7. The van der Waals surface area contributed by atoms with Gasteiger partial charge in [-0.2, -0.15) is 0 Å². The van der Waals surface area contributed by atoms with E-state index in [-0.39, 0.29) is 23.4 Å². The van der Waals surface area contributed by atoms with Gasteiger partial charge in [-0.3, -0.25) is 4.90 Å². The molecule has 0 radical (unpaired) electrons. The summed E-state index contributed by atoms with van der Waals surface area (Å²) in [7, 11) is 5.41. The van der Waals surface area contributed by atoms with Gasteiger partial charge in [0.05, 0.1) is 24.9 Å². The van der Waals surface area contributed by atoms with Crippen molar-refractivity contribution in [1.29, 1.82) is 0 Å². The molecule has 3 aromatic rings. The van der Waals surface area contributed by atoms with E-state index in [0.717, 1.165) is 11.1 Å². The van der Waals surface area contributed by atoms with E-state index in [1.54, 1.807) is 25.4 Å². The molecular weight excluding hydrogens is 433 g/mol. The molecule has 2 aromatic heterocycles. The average Bonchev–Trinajstić information content (AvgIpc) is 3.07. The summed E-state index contributed by atoms with van der Waals surface area (Å²) in [6.07, 6.45) is 5.39. The second-order valence-electron chi connectivity index (χ2n) is 9.24. The van der Waals surface area contributed by atoms with Gasteiger partial charge in [-0.1, -0.05) is 18.2 Å². The van der Waals surface area contributed by atoms with Gasteiger partial charge in [-0.05, 0) is 61.9 Å². The molecule has 1 saturated heterocycles. The van der Waals surface area contributed by atoms with Crippen molar-refractivity contribution in [3.8, 4) is 34.0 Å². The van der Waals surface area contributed by atoms with Crippen molar-refractivity contribution in [3.63, 3.8) is 0 Å². The van der Waals surface area contributed by atoms with Crippen LogP contribution in [0.2, 0.25) is 0 Å². The molecule has 0 saturated carbocycles. The number of hydrogen-bond donors (Lipinski definition) is 1. The quantitative estimate of drug-likeness (QED) is 0.574. The van der Waals surface area contributed by atoms with Gasteiger partial charge in [0, 0.05) is 30.4 Å². The molecule has 176 valence electrons. The summed E-state index contributed by atoms with van der Waals surface area (Å²) in [4.78, 5) is 8.10. The number of aromatic hydroxyl groups is 1. The fourth-order valence-electron chi connectivity index (χ4n) is 4.99. The third-order valence-corrected chi connectivity index (χ3v) is 7.28. The Kier molecular flexibility index (Phi) is 5.48. The van der Waals surface area contributed by atoms with Crippen LogP contribution in [-0.2, 0) is 0 Å². The van der Waals surface area contributed by atoms with Crippen LogP contribution in [0.4, 0.5) is 10.2 Å². The molecule has 4 heterocycles. The topological polar surface area (TPSA) is 74.6 Å². The number of hydrogen-bond acceptors (Lipinski definition) is 7. The van der Waals surface area contributed by atoms with Gasteiger partial charge < -0.3 is 14.7 Å². The Morgan fingerprint density at radius 2 is 1.94 bits per heavy atom. The minimum atomic E-state index is -1.02. The van der Waals surface area contributed by atoms with Crippen LogP contribution < -0.4 is 9.64 Å². The largest absolute Gasteiger partial charge is 0.507 e. The van der Waals surface area contributed by atoms with Crippen molar-refractivity contribution in [2.45, 2.75) is 37.1 Å². The van der Waals surface area contributed by atoms with E-state index in [1.807, 2.05) is 55.4 Å². The lowest BCUT2D eigenvalue weighted by atomic mass is 9.85. The fourth-order valence-corrected chi connectivity index (χ4v) is 4.99. The molecule has 1 fully saturated rings. The standard InChI is InChI=1S/C26H28FN5O2/c1-26-11-9-20(32(26)3)25(27)21(15-26)31(2)23-8-7-19(29-30-23)18-6-5-16(13-22(18)33)17-10-12-28-24(14-17)34-4/h5-14,20-21,25,33H,15H2,1-4H3/t20-,21+,25-,26+/m0/s1. The molecule has 0 unspecified atom stereocenters. The molecule has 34 heavy (non-hydrogen) atoms. The maximum atomic E-state index is 15.3. The van der Waals surface area contributed by atoms with Crippen molar-refractivity contribution in [2.75, 3.05) is 26.1 Å². The second kappa shape index (κ2) is 8.36. The van der Waals surface area contributed by atoms with Crippen molar-refractivity contribution in [2.24, 2.45) is 0 Å². The Labute approximate surface area is 198 Å². The van der Waals surface area contributed by atoms with Crippen LogP contribution >= 0.6 is 0 Å².